The van der Waals surface area contributed by atoms with Crippen LogP contribution in [-0.4, -0.2) is 120 Å². The van der Waals surface area contributed by atoms with Gasteiger partial charge in [0.2, 0.25) is 11.9 Å². The summed E-state index contributed by atoms with van der Waals surface area (Å²) in [6.07, 6.45) is 7.21. The zero-order valence-corrected chi connectivity index (χ0v) is 33.0. The molecule has 0 bridgehead atoms. The first-order valence-corrected chi connectivity index (χ1v) is 18.7. The van der Waals surface area contributed by atoms with E-state index in [-0.39, 0.29) is 38.0 Å². The maximum absolute atomic E-state index is 5.93. The molecule has 19 heteroatoms. The van der Waals surface area contributed by atoms with Gasteiger partial charge in [0, 0.05) is 62.1 Å². The van der Waals surface area contributed by atoms with Crippen molar-refractivity contribution in [1.82, 2.24) is 49.1 Å². The first kappa shape index (κ1) is 43.6. The minimum atomic E-state index is -0.430. The van der Waals surface area contributed by atoms with Crippen LogP contribution in [0.4, 0.5) is 23.5 Å². The van der Waals surface area contributed by atoms with Gasteiger partial charge in [-0.05, 0) is 72.7 Å². The topological polar surface area (TPSA) is 207 Å². The summed E-state index contributed by atoms with van der Waals surface area (Å²) in [7, 11) is -0.430. The van der Waals surface area contributed by atoms with E-state index < -0.39 is 7.12 Å². The predicted octanol–water partition coefficient (Wildman–Crippen LogP) is 3.73. The second-order valence-electron chi connectivity index (χ2n) is 14.7. The molecule has 6 aromatic heterocycles. The van der Waals surface area contributed by atoms with Crippen LogP contribution >= 0.6 is 0 Å². The number of ether oxygens (including phenoxy) is 2. The smallest absolute Gasteiger partial charge is 0.399 e. The summed E-state index contributed by atoms with van der Waals surface area (Å²) in [6.45, 7) is 20.1. The molecule has 0 radical (unpaired) electrons. The largest absolute Gasteiger partial charge is 0.498 e. The molecular weight excluding hydrogens is 739 g/mol. The SMILES string of the molecule is C.C.Cc1nc(N)ncc1-c1nc(N2CCOCC2)c2cccn2n1.Cc1nc(N)ncc1B1OC(C)(C)C(C)(C)O1.Cc1nc(N2CCOCC2)c2cccn2n1. The lowest BCUT2D eigenvalue weighted by molar-refractivity contribution is 0.00578. The third kappa shape index (κ3) is 9.28. The molecule has 3 saturated heterocycles. The van der Waals surface area contributed by atoms with Crippen molar-refractivity contribution < 1.29 is 18.8 Å². The molecule has 6 aromatic rings. The number of anilines is 4. The van der Waals surface area contributed by atoms with E-state index in [2.05, 4.69) is 44.9 Å². The second kappa shape index (κ2) is 18.0. The van der Waals surface area contributed by atoms with E-state index >= 15 is 0 Å². The first-order chi connectivity index (χ1) is 26.8. The molecule has 0 amide bonds. The molecule has 310 valence electrons. The van der Waals surface area contributed by atoms with Crippen molar-refractivity contribution >= 4 is 47.1 Å². The summed E-state index contributed by atoms with van der Waals surface area (Å²) >= 11 is 0. The van der Waals surface area contributed by atoms with E-state index in [9.17, 15) is 0 Å². The zero-order valence-electron chi connectivity index (χ0n) is 33.0. The highest BCUT2D eigenvalue weighted by molar-refractivity contribution is 6.62. The number of aryl methyl sites for hydroxylation is 3. The van der Waals surface area contributed by atoms with Gasteiger partial charge in [0.15, 0.2) is 17.5 Å². The Hall–Kier alpha value is -5.50. The summed E-state index contributed by atoms with van der Waals surface area (Å²) < 4.78 is 26.4. The summed E-state index contributed by atoms with van der Waals surface area (Å²) in [5.41, 5.74) is 15.7. The number of fused-ring (bicyclic) bond motifs is 2. The molecule has 0 unspecified atom stereocenters. The molecule has 0 spiro atoms. The van der Waals surface area contributed by atoms with Crippen molar-refractivity contribution in [3.63, 3.8) is 0 Å². The molecule has 0 saturated carbocycles. The Morgan fingerprint density at radius 2 is 1.12 bits per heavy atom. The molecule has 18 nitrogen and oxygen atoms in total. The third-order valence-corrected chi connectivity index (χ3v) is 10.3. The molecular formula is C39H57BN14O4. The van der Waals surface area contributed by atoms with Gasteiger partial charge in [-0.15, -0.1) is 5.10 Å². The molecule has 0 atom stereocenters. The van der Waals surface area contributed by atoms with E-state index in [1.54, 1.807) is 12.4 Å². The lowest BCUT2D eigenvalue weighted by Crippen LogP contribution is -2.41. The Bertz CT molecular complexity index is 2290. The fraction of sp³-hybridized carbons (Fsp3) is 0.487. The summed E-state index contributed by atoms with van der Waals surface area (Å²) in [6, 6.07) is 8.02. The van der Waals surface area contributed by atoms with Gasteiger partial charge in [0.1, 0.15) is 16.9 Å². The molecule has 3 aliphatic rings. The zero-order chi connectivity index (χ0) is 39.6. The highest BCUT2D eigenvalue weighted by atomic mass is 16.7. The van der Waals surface area contributed by atoms with Crippen LogP contribution in [0.25, 0.3) is 22.4 Å². The molecule has 0 aromatic carbocycles. The van der Waals surface area contributed by atoms with E-state index in [4.69, 9.17) is 35.2 Å². The van der Waals surface area contributed by atoms with E-state index in [0.29, 0.717) is 19.0 Å². The van der Waals surface area contributed by atoms with Gasteiger partial charge in [-0.3, -0.25) is 0 Å². The molecule has 4 N–H and O–H groups in total. The maximum atomic E-state index is 5.93. The number of nitrogen functional groups attached to an aromatic ring is 2. The Kier molecular flexibility index (Phi) is 13.5. The van der Waals surface area contributed by atoms with Gasteiger partial charge < -0.3 is 40.0 Å². The summed E-state index contributed by atoms with van der Waals surface area (Å²) in [5, 5.41) is 8.92. The van der Waals surface area contributed by atoms with E-state index in [0.717, 1.165) is 90.3 Å². The molecule has 9 rings (SSSR count). The molecule has 58 heavy (non-hydrogen) atoms. The van der Waals surface area contributed by atoms with Gasteiger partial charge in [-0.1, -0.05) is 14.9 Å². The van der Waals surface area contributed by atoms with Crippen LogP contribution in [0.2, 0.25) is 0 Å². The summed E-state index contributed by atoms with van der Waals surface area (Å²) in [4.78, 5) is 30.2. The maximum Gasteiger partial charge on any atom is 0.498 e. The van der Waals surface area contributed by atoms with Crippen molar-refractivity contribution in [1.29, 1.82) is 0 Å². The Balaban J connectivity index is 0.000000166. The average molecular weight is 797 g/mol. The van der Waals surface area contributed by atoms with E-state index in [1.165, 1.54) is 0 Å². The minimum Gasteiger partial charge on any atom is -0.399 e. The van der Waals surface area contributed by atoms with Crippen molar-refractivity contribution in [3.8, 4) is 11.4 Å². The Morgan fingerprint density at radius 1 is 0.638 bits per heavy atom. The van der Waals surface area contributed by atoms with Crippen LogP contribution in [0.1, 0.15) is 59.8 Å². The monoisotopic (exact) mass is 796 g/mol. The Labute approximate surface area is 340 Å². The lowest BCUT2D eigenvalue weighted by atomic mass is 9.79. The van der Waals surface area contributed by atoms with Gasteiger partial charge in [-0.25, -0.2) is 38.9 Å². The Morgan fingerprint density at radius 3 is 1.64 bits per heavy atom. The third-order valence-electron chi connectivity index (χ3n) is 10.3. The van der Waals surface area contributed by atoms with Crippen molar-refractivity contribution in [3.05, 3.63) is 66.3 Å². The predicted molar refractivity (Wildman–Crippen MR) is 227 cm³/mol. The molecule has 0 aliphatic carbocycles. The molecule has 9 heterocycles. The lowest BCUT2D eigenvalue weighted by Gasteiger charge is -2.32. The summed E-state index contributed by atoms with van der Waals surface area (Å²) in [5.74, 6) is 3.82. The number of hydrogen-bond donors (Lipinski definition) is 2. The highest BCUT2D eigenvalue weighted by Crippen LogP contribution is 2.36. The quantitative estimate of drug-likeness (QED) is 0.244. The number of rotatable bonds is 4. The average Bonchev–Trinajstić information content (AvgIpc) is 3.89. The number of morpholine rings is 2. The minimum absolute atomic E-state index is 0. The van der Waals surface area contributed by atoms with Crippen LogP contribution in [0, 0.1) is 20.8 Å². The van der Waals surface area contributed by atoms with Crippen LogP contribution in [0.3, 0.4) is 0 Å². The van der Waals surface area contributed by atoms with Gasteiger partial charge >= 0.3 is 7.12 Å². The number of aromatic nitrogens is 10. The van der Waals surface area contributed by atoms with Gasteiger partial charge in [0.05, 0.1) is 48.9 Å². The number of hydrogen-bond acceptors (Lipinski definition) is 16. The van der Waals surface area contributed by atoms with Crippen LogP contribution in [0.15, 0.2) is 49.1 Å². The van der Waals surface area contributed by atoms with Crippen molar-refractivity contribution in [2.75, 3.05) is 73.9 Å². The van der Waals surface area contributed by atoms with Gasteiger partial charge in [-0.2, -0.15) is 5.10 Å². The highest BCUT2D eigenvalue weighted by Gasteiger charge is 2.52. The second-order valence-corrected chi connectivity index (χ2v) is 14.7. The number of nitrogens with two attached hydrogens (primary N) is 2. The van der Waals surface area contributed by atoms with Gasteiger partial charge in [0.25, 0.3) is 0 Å². The van der Waals surface area contributed by atoms with Crippen LogP contribution in [-0.2, 0) is 18.8 Å². The van der Waals surface area contributed by atoms with E-state index in [1.807, 2.05) is 94.2 Å². The fourth-order valence-electron chi connectivity index (χ4n) is 6.47. The number of nitrogens with zero attached hydrogens (tertiary/aromatic N) is 12. The standard InChI is InChI=1S/C15H17N7O.C11H18BN3O2.C11H14N4O.2CH4/c1-10-11(9-17-15(16)18-10)13-19-14(21-5-7-23-8-6-21)12-3-2-4-22(12)20-13;1-7-8(6-14-9(13)15-7)12-16-10(2,3)11(4,5)17-12;1-9-12-11(14-5-7-16-8-6-14)10-3-2-4-15(10)13-9;;/h2-4,9H,5-8H2,1H3,(H2,16,17,18);6H,1-5H3,(H2,13,14,15);2-4H,5-8H2,1H3;2*1H4. The van der Waals surface area contributed by atoms with Crippen molar-refractivity contribution in [2.24, 2.45) is 0 Å². The van der Waals surface area contributed by atoms with Crippen molar-refractivity contribution in [2.45, 2.75) is 74.5 Å². The molecule has 3 aliphatic heterocycles. The molecule has 3 fully saturated rings. The normalized spacial score (nSPS) is 17.1. The fourth-order valence-corrected chi connectivity index (χ4v) is 6.47. The van der Waals surface area contributed by atoms with Crippen LogP contribution < -0.4 is 26.7 Å². The van der Waals surface area contributed by atoms with Crippen LogP contribution in [0.5, 0.6) is 0 Å². The first-order valence-electron chi connectivity index (χ1n) is 18.7.